The lowest BCUT2D eigenvalue weighted by Gasteiger charge is -2.05. The number of hydrogen-bond donors (Lipinski definition) is 1. The van der Waals surface area contributed by atoms with Gasteiger partial charge in [-0.2, -0.15) is 5.10 Å². The van der Waals surface area contributed by atoms with Crippen molar-refractivity contribution < 1.29 is 4.79 Å². The van der Waals surface area contributed by atoms with Crippen LogP contribution in [0.3, 0.4) is 0 Å². The molecule has 0 aliphatic heterocycles. The number of hydrazone groups is 1. The number of hydrogen-bond acceptors (Lipinski definition) is 2. The molecule has 0 fully saturated rings. The topological polar surface area (TPSA) is 41.5 Å². The number of halogens is 1. The summed E-state index contributed by atoms with van der Waals surface area (Å²) in [6.07, 6.45) is 1.05. The number of nitrogens with one attached hydrogen (secondary N) is 1. The Kier molecular flexibility index (Phi) is 5.52. The zero-order valence-electron chi connectivity index (χ0n) is 11.8. The van der Waals surface area contributed by atoms with Crippen LogP contribution in [-0.2, 0) is 11.2 Å². The van der Waals surface area contributed by atoms with Crippen LogP contribution in [0.25, 0.3) is 0 Å². The predicted molar refractivity (Wildman–Crippen MR) is 86.6 cm³/mol. The molecule has 0 aromatic heterocycles. The molecule has 0 saturated carbocycles. The van der Waals surface area contributed by atoms with E-state index in [0.717, 1.165) is 23.3 Å². The highest BCUT2D eigenvalue weighted by Crippen LogP contribution is 2.11. The van der Waals surface area contributed by atoms with Gasteiger partial charge in [-0.25, -0.2) is 5.43 Å². The fourth-order valence-corrected chi connectivity index (χ4v) is 2.07. The summed E-state index contributed by atoms with van der Waals surface area (Å²) in [5.41, 5.74) is 5.37. The third kappa shape index (κ3) is 4.72. The first kappa shape index (κ1) is 15.3. The summed E-state index contributed by atoms with van der Waals surface area (Å²) in [5.74, 6) is -0.124. The minimum absolute atomic E-state index is 0.124. The summed E-state index contributed by atoms with van der Waals surface area (Å²) in [5, 5.41) is 4.89. The highest BCUT2D eigenvalue weighted by molar-refractivity contribution is 6.30. The van der Waals surface area contributed by atoms with Crippen LogP contribution < -0.4 is 5.43 Å². The van der Waals surface area contributed by atoms with Crippen molar-refractivity contribution in [3.8, 4) is 0 Å². The lowest BCUT2D eigenvalue weighted by atomic mass is 10.1. The minimum Gasteiger partial charge on any atom is -0.273 e. The Labute approximate surface area is 129 Å². The summed E-state index contributed by atoms with van der Waals surface area (Å²) in [6, 6.07) is 17.0. The van der Waals surface area contributed by atoms with Gasteiger partial charge in [0.1, 0.15) is 0 Å². The molecule has 2 aromatic rings. The van der Waals surface area contributed by atoms with Gasteiger partial charge in [-0.05, 0) is 29.7 Å². The SMILES string of the molecule is CC/C(=N\NC(=O)Cc1ccccc1)c1ccc(Cl)cc1. The van der Waals surface area contributed by atoms with E-state index >= 15 is 0 Å². The Morgan fingerprint density at radius 1 is 1.10 bits per heavy atom. The van der Waals surface area contributed by atoms with Crippen LogP contribution in [0.4, 0.5) is 0 Å². The maximum Gasteiger partial charge on any atom is 0.244 e. The van der Waals surface area contributed by atoms with Gasteiger partial charge < -0.3 is 0 Å². The molecule has 0 atom stereocenters. The normalized spacial score (nSPS) is 11.2. The maximum absolute atomic E-state index is 11.9. The Bertz CT molecular complexity index is 621. The molecule has 1 amide bonds. The molecule has 21 heavy (non-hydrogen) atoms. The van der Waals surface area contributed by atoms with E-state index in [4.69, 9.17) is 11.6 Å². The van der Waals surface area contributed by atoms with Crippen molar-refractivity contribution in [3.63, 3.8) is 0 Å². The first-order chi connectivity index (χ1) is 10.2. The van der Waals surface area contributed by atoms with Crippen LogP contribution in [0.2, 0.25) is 5.02 Å². The van der Waals surface area contributed by atoms with E-state index in [-0.39, 0.29) is 5.91 Å². The lowest BCUT2D eigenvalue weighted by Crippen LogP contribution is -2.21. The quantitative estimate of drug-likeness (QED) is 0.662. The molecule has 0 unspecified atom stereocenters. The van der Waals surface area contributed by atoms with E-state index in [9.17, 15) is 4.79 Å². The van der Waals surface area contributed by atoms with Crippen molar-refractivity contribution >= 4 is 23.2 Å². The summed E-state index contributed by atoms with van der Waals surface area (Å²) >= 11 is 5.87. The number of nitrogens with zero attached hydrogens (tertiary/aromatic N) is 1. The minimum atomic E-state index is -0.124. The van der Waals surface area contributed by atoms with Crippen LogP contribution in [0, 0.1) is 0 Å². The molecular formula is C17H17ClN2O. The first-order valence-corrected chi connectivity index (χ1v) is 7.22. The van der Waals surface area contributed by atoms with Crippen molar-refractivity contribution in [2.45, 2.75) is 19.8 Å². The molecule has 0 bridgehead atoms. The highest BCUT2D eigenvalue weighted by Gasteiger charge is 2.04. The van der Waals surface area contributed by atoms with E-state index < -0.39 is 0 Å². The number of carbonyl (C=O) groups excluding carboxylic acids is 1. The standard InChI is InChI=1S/C17H17ClN2O/c1-2-16(14-8-10-15(18)11-9-14)19-20-17(21)12-13-6-4-3-5-7-13/h3-11H,2,12H2,1H3,(H,20,21)/b19-16+. The molecular weight excluding hydrogens is 284 g/mol. The molecule has 0 radical (unpaired) electrons. The van der Waals surface area contributed by atoms with Gasteiger partial charge in [0.25, 0.3) is 0 Å². The predicted octanol–water partition coefficient (Wildman–Crippen LogP) is 3.81. The third-order valence-electron chi connectivity index (χ3n) is 3.04. The molecule has 2 rings (SSSR count). The van der Waals surface area contributed by atoms with Crippen molar-refractivity contribution in [1.29, 1.82) is 0 Å². The van der Waals surface area contributed by atoms with Crippen molar-refractivity contribution in [3.05, 3.63) is 70.7 Å². The summed E-state index contributed by atoms with van der Waals surface area (Å²) in [6.45, 7) is 2.00. The van der Waals surface area contributed by atoms with Crippen LogP contribution >= 0.6 is 11.6 Å². The second-order valence-corrected chi connectivity index (χ2v) is 5.05. The number of carbonyl (C=O) groups is 1. The molecule has 1 N–H and O–H groups in total. The zero-order valence-corrected chi connectivity index (χ0v) is 12.6. The monoisotopic (exact) mass is 300 g/mol. The van der Waals surface area contributed by atoms with Crippen LogP contribution in [0.1, 0.15) is 24.5 Å². The van der Waals surface area contributed by atoms with Gasteiger partial charge in [0, 0.05) is 5.02 Å². The summed E-state index contributed by atoms with van der Waals surface area (Å²) in [7, 11) is 0. The van der Waals surface area contributed by atoms with Gasteiger partial charge in [0.15, 0.2) is 0 Å². The zero-order chi connectivity index (χ0) is 15.1. The van der Waals surface area contributed by atoms with E-state index in [0.29, 0.717) is 11.4 Å². The molecule has 0 heterocycles. The maximum atomic E-state index is 11.9. The second-order valence-electron chi connectivity index (χ2n) is 4.62. The van der Waals surface area contributed by atoms with Crippen molar-refractivity contribution in [2.75, 3.05) is 0 Å². The molecule has 0 spiro atoms. The average Bonchev–Trinajstić information content (AvgIpc) is 2.50. The van der Waals surface area contributed by atoms with Crippen LogP contribution in [0.5, 0.6) is 0 Å². The fourth-order valence-electron chi connectivity index (χ4n) is 1.94. The second kappa shape index (κ2) is 7.60. The molecule has 0 saturated heterocycles. The van der Waals surface area contributed by atoms with Gasteiger partial charge in [0.05, 0.1) is 12.1 Å². The van der Waals surface area contributed by atoms with Gasteiger partial charge in [-0.1, -0.05) is 61.0 Å². The lowest BCUT2D eigenvalue weighted by molar-refractivity contribution is -0.120. The van der Waals surface area contributed by atoms with Crippen molar-refractivity contribution in [1.82, 2.24) is 5.43 Å². The van der Waals surface area contributed by atoms with E-state index in [1.807, 2.05) is 61.5 Å². The Hall–Kier alpha value is -2.13. The summed E-state index contributed by atoms with van der Waals surface area (Å²) < 4.78 is 0. The average molecular weight is 301 g/mol. The number of rotatable bonds is 5. The van der Waals surface area contributed by atoms with Gasteiger partial charge in [0.2, 0.25) is 5.91 Å². The van der Waals surface area contributed by atoms with E-state index in [1.54, 1.807) is 0 Å². The molecule has 3 nitrogen and oxygen atoms in total. The molecule has 108 valence electrons. The van der Waals surface area contributed by atoms with Gasteiger partial charge in [-0.3, -0.25) is 4.79 Å². The fraction of sp³-hybridized carbons (Fsp3) is 0.176. The Balaban J connectivity index is 2.00. The number of amides is 1. The van der Waals surface area contributed by atoms with Crippen molar-refractivity contribution in [2.24, 2.45) is 5.10 Å². The number of benzene rings is 2. The summed E-state index contributed by atoms with van der Waals surface area (Å²) in [4.78, 5) is 11.9. The van der Waals surface area contributed by atoms with E-state index in [2.05, 4.69) is 10.5 Å². The van der Waals surface area contributed by atoms with Crippen LogP contribution in [0.15, 0.2) is 59.7 Å². The Morgan fingerprint density at radius 3 is 2.38 bits per heavy atom. The molecule has 0 aliphatic carbocycles. The van der Waals surface area contributed by atoms with Gasteiger partial charge in [-0.15, -0.1) is 0 Å². The van der Waals surface area contributed by atoms with Crippen LogP contribution in [-0.4, -0.2) is 11.6 Å². The first-order valence-electron chi connectivity index (χ1n) is 6.84. The largest absolute Gasteiger partial charge is 0.273 e. The third-order valence-corrected chi connectivity index (χ3v) is 3.29. The van der Waals surface area contributed by atoms with Gasteiger partial charge >= 0.3 is 0 Å². The Morgan fingerprint density at radius 2 is 1.76 bits per heavy atom. The highest BCUT2D eigenvalue weighted by atomic mass is 35.5. The smallest absolute Gasteiger partial charge is 0.244 e. The van der Waals surface area contributed by atoms with E-state index in [1.165, 1.54) is 0 Å². The molecule has 4 heteroatoms. The molecule has 2 aromatic carbocycles. The molecule has 0 aliphatic rings.